The Bertz CT molecular complexity index is 211. The van der Waals surface area contributed by atoms with Crippen molar-refractivity contribution in [2.24, 2.45) is 0 Å². The largest absolute Gasteiger partial charge is 1.00 e. The minimum absolute atomic E-state index is 0. The molecule has 0 aromatic carbocycles. The molecule has 21 heavy (non-hydrogen) atoms. The second-order valence-electron chi connectivity index (χ2n) is 6.40. The molecule has 0 saturated carbocycles. The molecular weight excluding hydrogens is 260 g/mol. The SMILES string of the molecule is CCCCCCCCCCCCCCNN1CCOCC1.[H+]. The van der Waals surface area contributed by atoms with Crippen LogP contribution in [0.4, 0.5) is 0 Å². The number of ether oxygens (including phenoxy) is 1. The molecule has 0 bridgehead atoms. The molecule has 1 aliphatic rings. The Labute approximate surface area is 134 Å². The Morgan fingerprint density at radius 1 is 0.762 bits per heavy atom. The van der Waals surface area contributed by atoms with Gasteiger partial charge in [0.15, 0.2) is 0 Å². The molecule has 0 radical (unpaired) electrons. The zero-order chi connectivity index (χ0) is 15.0. The zero-order valence-electron chi connectivity index (χ0n) is 15.4. The summed E-state index contributed by atoms with van der Waals surface area (Å²) >= 11 is 0. The lowest BCUT2D eigenvalue weighted by molar-refractivity contribution is 0.0118. The lowest BCUT2D eigenvalue weighted by Crippen LogP contribution is -2.45. The lowest BCUT2D eigenvalue weighted by Gasteiger charge is -2.27. The van der Waals surface area contributed by atoms with Crippen LogP contribution in [0.5, 0.6) is 0 Å². The van der Waals surface area contributed by atoms with Crippen molar-refractivity contribution in [3.05, 3.63) is 0 Å². The van der Waals surface area contributed by atoms with Gasteiger partial charge < -0.3 is 4.74 Å². The third-order valence-electron chi connectivity index (χ3n) is 4.38. The summed E-state index contributed by atoms with van der Waals surface area (Å²) in [5.41, 5.74) is 3.51. The summed E-state index contributed by atoms with van der Waals surface area (Å²) in [7, 11) is 0. The van der Waals surface area contributed by atoms with Crippen LogP contribution in [0.25, 0.3) is 0 Å². The van der Waals surface area contributed by atoms with E-state index in [2.05, 4.69) is 17.4 Å². The number of morpholine rings is 1. The van der Waals surface area contributed by atoms with Crippen LogP contribution < -0.4 is 5.43 Å². The quantitative estimate of drug-likeness (QED) is 0.473. The lowest BCUT2D eigenvalue weighted by atomic mass is 10.1. The minimum atomic E-state index is 0. The maximum absolute atomic E-state index is 5.34. The van der Waals surface area contributed by atoms with Gasteiger partial charge in [0.1, 0.15) is 0 Å². The van der Waals surface area contributed by atoms with E-state index in [9.17, 15) is 0 Å². The first-order valence-electron chi connectivity index (χ1n) is 9.49. The van der Waals surface area contributed by atoms with Gasteiger partial charge in [-0.2, -0.15) is 0 Å². The van der Waals surface area contributed by atoms with Gasteiger partial charge in [0, 0.05) is 19.6 Å². The predicted molar refractivity (Wildman–Crippen MR) is 92.6 cm³/mol. The molecule has 1 heterocycles. The van der Waals surface area contributed by atoms with Gasteiger partial charge in [-0.1, -0.05) is 77.6 Å². The second-order valence-corrected chi connectivity index (χ2v) is 6.40. The smallest absolute Gasteiger partial charge is 0.379 e. The van der Waals surface area contributed by atoms with Crippen molar-refractivity contribution in [1.29, 1.82) is 0 Å². The van der Waals surface area contributed by atoms with Crippen molar-refractivity contribution >= 4 is 0 Å². The van der Waals surface area contributed by atoms with Gasteiger partial charge in [-0.05, 0) is 6.42 Å². The monoisotopic (exact) mass is 299 g/mol. The highest BCUT2D eigenvalue weighted by Crippen LogP contribution is 2.11. The number of unbranched alkanes of at least 4 members (excludes halogenated alkanes) is 11. The topological polar surface area (TPSA) is 24.5 Å². The van der Waals surface area contributed by atoms with Crippen molar-refractivity contribution in [2.75, 3.05) is 32.8 Å². The summed E-state index contributed by atoms with van der Waals surface area (Å²) in [5.74, 6) is 0. The van der Waals surface area contributed by atoms with Crippen LogP contribution in [0.15, 0.2) is 0 Å². The first-order valence-corrected chi connectivity index (χ1v) is 9.49. The maximum Gasteiger partial charge on any atom is 1.00 e. The predicted octanol–water partition coefficient (Wildman–Crippen LogP) is 4.64. The highest BCUT2D eigenvalue weighted by molar-refractivity contribution is 4.57. The molecule has 1 N–H and O–H groups in total. The Morgan fingerprint density at radius 2 is 1.24 bits per heavy atom. The molecule has 0 atom stereocenters. The molecule has 126 valence electrons. The Balaban J connectivity index is 0.00000441. The standard InChI is InChI=1S/C18H38N2O/c1-2-3-4-5-6-7-8-9-10-11-12-13-14-19-20-15-17-21-18-16-20/h19H,2-18H2,1H3/p+1. The molecule has 0 amide bonds. The van der Waals surface area contributed by atoms with Gasteiger partial charge in [0.2, 0.25) is 0 Å². The van der Waals surface area contributed by atoms with Crippen LogP contribution in [0, 0.1) is 0 Å². The van der Waals surface area contributed by atoms with Crippen LogP contribution in [-0.4, -0.2) is 37.9 Å². The number of nitrogens with one attached hydrogen (secondary N) is 1. The normalized spacial score (nSPS) is 16.4. The van der Waals surface area contributed by atoms with Crippen LogP contribution in [0.1, 0.15) is 85.4 Å². The van der Waals surface area contributed by atoms with E-state index in [-0.39, 0.29) is 1.43 Å². The average Bonchev–Trinajstić information content (AvgIpc) is 2.53. The van der Waals surface area contributed by atoms with Crippen molar-refractivity contribution in [2.45, 2.75) is 84.0 Å². The highest BCUT2D eigenvalue weighted by Gasteiger charge is 2.08. The molecule has 0 aliphatic carbocycles. The first kappa shape index (κ1) is 18.9. The maximum atomic E-state index is 5.34. The van der Waals surface area contributed by atoms with E-state index in [1.807, 2.05) is 0 Å². The number of nitrogens with zero attached hydrogens (tertiary/aromatic N) is 1. The second kappa shape index (κ2) is 14.8. The number of hydrogen-bond donors (Lipinski definition) is 1. The molecule has 0 aromatic heterocycles. The van der Waals surface area contributed by atoms with Crippen molar-refractivity contribution in [1.82, 2.24) is 10.4 Å². The van der Waals surface area contributed by atoms with Crippen molar-refractivity contribution in [3.63, 3.8) is 0 Å². The van der Waals surface area contributed by atoms with E-state index in [0.717, 1.165) is 32.8 Å². The molecule has 1 rings (SSSR count). The highest BCUT2D eigenvalue weighted by atomic mass is 16.5. The van der Waals surface area contributed by atoms with Crippen LogP contribution in [0.2, 0.25) is 0 Å². The molecule has 3 heteroatoms. The zero-order valence-corrected chi connectivity index (χ0v) is 14.4. The van der Waals surface area contributed by atoms with Crippen LogP contribution in [0.3, 0.4) is 0 Å². The molecule has 1 aliphatic heterocycles. The van der Waals surface area contributed by atoms with E-state index >= 15 is 0 Å². The summed E-state index contributed by atoms with van der Waals surface area (Å²) < 4.78 is 5.34. The molecule has 3 nitrogen and oxygen atoms in total. The molecule has 1 saturated heterocycles. The number of hydrazine groups is 1. The summed E-state index contributed by atoms with van der Waals surface area (Å²) in [4.78, 5) is 0. The average molecular weight is 300 g/mol. The number of rotatable bonds is 14. The summed E-state index contributed by atoms with van der Waals surface area (Å²) in [6, 6.07) is 0. The fourth-order valence-corrected chi connectivity index (χ4v) is 2.92. The molecule has 0 unspecified atom stereocenters. The third-order valence-corrected chi connectivity index (χ3v) is 4.38. The fourth-order valence-electron chi connectivity index (χ4n) is 2.92. The van der Waals surface area contributed by atoms with Crippen molar-refractivity contribution in [3.8, 4) is 0 Å². The summed E-state index contributed by atoms with van der Waals surface area (Å²) in [5, 5.41) is 2.31. The van der Waals surface area contributed by atoms with Gasteiger partial charge >= 0.3 is 1.43 Å². The third kappa shape index (κ3) is 12.1. The van der Waals surface area contributed by atoms with Crippen LogP contribution >= 0.6 is 0 Å². The van der Waals surface area contributed by atoms with E-state index < -0.39 is 0 Å². The molecule has 0 spiro atoms. The number of hydrogen-bond acceptors (Lipinski definition) is 3. The Kier molecular flexibility index (Phi) is 13.3. The van der Waals surface area contributed by atoms with Crippen molar-refractivity contribution < 1.29 is 6.16 Å². The molecular formula is C18H39N2O+. The van der Waals surface area contributed by atoms with Gasteiger partial charge in [0.25, 0.3) is 0 Å². The van der Waals surface area contributed by atoms with E-state index in [1.165, 1.54) is 77.0 Å². The Morgan fingerprint density at radius 3 is 1.76 bits per heavy atom. The minimum Gasteiger partial charge on any atom is -0.379 e. The molecule has 1 fully saturated rings. The van der Waals surface area contributed by atoms with E-state index in [1.54, 1.807) is 0 Å². The summed E-state index contributed by atoms with van der Waals surface area (Å²) in [6.07, 6.45) is 17.1. The first-order chi connectivity index (χ1) is 10.4. The van der Waals surface area contributed by atoms with E-state index in [4.69, 9.17) is 4.74 Å². The van der Waals surface area contributed by atoms with Gasteiger partial charge in [-0.25, -0.2) is 5.01 Å². The van der Waals surface area contributed by atoms with E-state index in [0.29, 0.717) is 0 Å². The molecule has 0 aromatic rings. The van der Waals surface area contributed by atoms with Gasteiger partial charge in [-0.3, -0.25) is 5.43 Å². The Hall–Kier alpha value is -0.120. The van der Waals surface area contributed by atoms with Gasteiger partial charge in [0.05, 0.1) is 13.2 Å². The van der Waals surface area contributed by atoms with Crippen LogP contribution in [-0.2, 0) is 4.74 Å². The summed E-state index contributed by atoms with van der Waals surface area (Å²) in [6.45, 7) is 7.27. The fraction of sp³-hybridized carbons (Fsp3) is 1.00. The van der Waals surface area contributed by atoms with Gasteiger partial charge in [-0.15, -0.1) is 0 Å².